The lowest BCUT2D eigenvalue weighted by atomic mass is 9.95. The van der Waals surface area contributed by atoms with Gasteiger partial charge in [0.25, 0.3) is 5.56 Å². The highest BCUT2D eigenvalue weighted by molar-refractivity contribution is 5.83. The molecule has 0 radical (unpaired) electrons. The molecule has 0 aliphatic heterocycles. The SMILES string of the molecule is COCc1nn2c(nnc3c(=O)n(C4CCCCC4)cnc32)c1-c1ccc(F)cc1. The Morgan fingerprint density at radius 1 is 1.10 bits per heavy atom. The van der Waals surface area contributed by atoms with E-state index in [-0.39, 0.29) is 29.5 Å². The van der Waals surface area contributed by atoms with Crippen LogP contribution in [0.4, 0.5) is 4.39 Å². The number of benzene rings is 1. The molecule has 4 aromatic rings. The van der Waals surface area contributed by atoms with Crippen LogP contribution >= 0.6 is 0 Å². The molecule has 3 aromatic heterocycles. The van der Waals surface area contributed by atoms with Crippen LogP contribution in [0.3, 0.4) is 0 Å². The monoisotopic (exact) mass is 408 g/mol. The molecule has 0 saturated heterocycles. The van der Waals surface area contributed by atoms with Gasteiger partial charge in [-0.1, -0.05) is 31.4 Å². The standard InChI is InChI=1S/C21H21FN6O2/c1-30-11-16-17(13-7-9-14(22)10-8-13)19-25-24-18-20(28(19)26-16)23-12-27(21(18)29)15-5-3-2-4-6-15/h7-10,12,15H,2-6,11H2,1H3. The van der Waals surface area contributed by atoms with E-state index in [2.05, 4.69) is 20.3 Å². The number of ether oxygens (including phenoxy) is 1. The molecular weight excluding hydrogens is 387 g/mol. The highest BCUT2D eigenvalue weighted by Gasteiger charge is 2.22. The lowest BCUT2D eigenvalue weighted by Crippen LogP contribution is -2.28. The van der Waals surface area contributed by atoms with Crippen LogP contribution < -0.4 is 5.56 Å². The van der Waals surface area contributed by atoms with Gasteiger partial charge in [0.15, 0.2) is 16.8 Å². The zero-order valence-electron chi connectivity index (χ0n) is 16.6. The van der Waals surface area contributed by atoms with E-state index < -0.39 is 0 Å². The Labute approximate surface area is 171 Å². The molecule has 154 valence electrons. The lowest BCUT2D eigenvalue weighted by Gasteiger charge is -2.23. The number of hydrogen-bond acceptors (Lipinski definition) is 6. The highest BCUT2D eigenvalue weighted by atomic mass is 19.1. The van der Waals surface area contributed by atoms with Crippen LogP contribution in [0.1, 0.15) is 43.8 Å². The van der Waals surface area contributed by atoms with Crippen molar-refractivity contribution in [1.29, 1.82) is 0 Å². The first-order chi connectivity index (χ1) is 14.7. The van der Waals surface area contributed by atoms with Crippen LogP contribution in [0, 0.1) is 5.82 Å². The number of methoxy groups -OCH3 is 1. The van der Waals surface area contributed by atoms with Crippen LogP contribution in [0.15, 0.2) is 35.4 Å². The van der Waals surface area contributed by atoms with Gasteiger partial charge in [-0.05, 0) is 30.5 Å². The Morgan fingerprint density at radius 2 is 1.87 bits per heavy atom. The minimum Gasteiger partial charge on any atom is -0.378 e. The molecule has 0 N–H and O–H groups in total. The summed E-state index contributed by atoms with van der Waals surface area (Å²) in [6.45, 7) is 0.233. The molecule has 0 bridgehead atoms. The predicted octanol–water partition coefficient (Wildman–Crippen LogP) is 3.29. The molecule has 0 atom stereocenters. The van der Waals surface area contributed by atoms with Gasteiger partial charge in [0.05, 0.1) is 17.9 Å². The Balaban J connectivity index is 1.72. The normalized spacial score (nSPS) is 15.3. The number of fused-ring (bicyclic) bond motifs is 3. The summed E-state index contributed by atoms with van der Waals surface area (Å²) in [6.07, 6.45) is 6.96. The van der Waals surface area contributed by atoms with E-state index in [0.29, 0.717) is 22.6 Å². The van der Waals surface area contributed by atoms with Crippen molar-refractivity contribution >= 4 is 16.8 Å². The smallest absolute Gasteiger partial charge is 0.283 e. The molecular formula is C21H21FN6O2. The summed E-state index contributed by atoms with van der Waals surface area (Å²) in [4.78, 5) is 17.6. The van der Waals surface area contributed by atoms with Gasteiger partial charge in [-0.2, -0.15) is 9.61 Å². The van der Waals surface area contributed by atoms with E-state index in [1.165, 1.54) is 23.1 Å². The van der Waals surface area contributed by atoms with Crippen molar-refractivity contribution in [2.24, 2.45) is 0 Å². The van der Waals surface area contributed by atoms with Crippen LogP contribution in [0.25, 0.3) is 27.9 Å². The van der Waals surface area contributed by atoms with E-state index in [1.54, 1.807) is 30.1 Å². The van der Waals surface area contributed by atoms with Crippen molar-refractivity contribution in [3.8, 4) is 11.1 Å². The molecule has 30 heavy (non-hydrogen) atoms. The third-order valence-corrected chi connectivity index (χ3v) is 5.71. The summed E-state index contributed by atoms with van der Waals surface area (Å²) in [5.74, 6) is -0.329. The average molecular weight is 408 g/mol. The van der Waals surface area contributed by atoms with Crippen molar-refractivity contribution in [2.45, 2.75) is 44.8 Å². The van der Waals surface area contributed by atoms with Gasteiger partial charge in [-0.25, -0.2) is 9.37 Å². The number of nitrogens with zero attached hydrogens (tertiary/aromatic N) is 6. The summed E-state index contributed by atoms with van der Waals surface area (Å²) >= 11 is 0. The minimum absolute atomic E-state index is 0.150. The number of rotatable bonds is 4. The van der Waals surface area contributed by atoms with E-state index in [1.807, 2.05) is 0 Å². The molecule has 8 nitrogen and oxygen atoms in total. The second kappa shape index (κ2) is 7.56. The third kappa shape index (κ3) is 3.06. The van der Waals surface area contributed by atoms with E-state index in [0.717, 1.165) is 31.2 Å². The molecule has 0 unspecified atom stereocenters. The van der Waals surface area contributed by atoms with Crippen molar-refractivity contribution in [3.05, 3.63) is 52.5 Å². The number of halogens is 1. The highest BCUT2D eigenvalue weighted by Crippen LogP contribution is 2.30. The summed E-state index contributed by atoms with van der Waals surface area (Å²) < 4.78 is 21.9. The summed E-state index contributed by atoms with van der Waals surface area (Å²) in [6, 6.07) is 6.23. The molecule has 1 aliphatic rings. The molecule has 1 saturated carbocycles. The maximum absolute atomic E-state index is 13.4. The second-order valence-corrected chi connectivity index (χ2v) is 7.62. The van der Waals surface area contributed by atoms with E-state index in [4.69, 9.17) is 4.74 Å². The fourth-order valence-electron chi connectivity index (χ4n) is 4.25. The van der Waals surface area contributed by atoms with Gasteiger partial charge in [-0.15, -0.1) is 10.2 Å². The van der Waals surface area contributed by atoms with E-state index in [9.17, 15) is 9.18 Å². The molecule has 0 amide bonds. The maximum atomic E-state index is 13.4. The molecule has 1 aliphatic carbocycles. The molecule has 0 spiro atoms. The Bertz CT molecular complexity index is 1270. The fraction of sp³-hybridized carbons (Fsp3) is 0.381. The van der Waals surface area contributed by atoms with Gasteiger partial charge >= 0.3 is 0 Å². The zero-order chi connectivity index (χ0) is 20.7. The van der Waals surface area contributed by atoms with Crippen molar-refractivity contribution in [3.63, 3.8) is 0 Å². The molecule has 1 aromatic carbocycles. The van der Waals surface area contributed by atoms with Crippen LogP contribution in [-0.2, 0) is 11.3 Å². The first-order valence-electron chi connectivity index (χ1n) is 10.1. The zero-order valence-corrected chi connectivity index (χ0v) is 16.6. The van der Waals surface area contributed by atoms with Gasteiger partial charge in [0.1, 0.15) is 12.1 Å². The quantitative estimate of drug-likeness (QED) is 0.515. The first-order valence-corrected chi connectivity index (χ1v) is 10.1. The predicted molar refractivity (Wildman–Crippen MR) is 109 cm³/mol. The lowest BCUT2D eigenvalue weighted by molar-refractivity contribution is 0.181. The largest absolute Gasteiger partial charge is 0.378 e. The van der Waals surface area contributed by atoms with Gasteiger partial charge in [0.2, 0.25) is 0 Å². The van der Waals surface area contributed by atoms with Crippen LogP contribution in [-0.4, -0.2) is 36.5 Å². The van der Waals surface area contributed by atoms with Crippen molar-refractivity contribution < 1.29 is 9.13 Å². The topological polar surface area (TPSA) is 87.2 Å². The molecule has 9 heteroatoms. The Kier molecular flexibility index (Phi) is 4.74. The van der Waals surface area contributed by atoms with Gasteiger partial charge in [-0.3, -0.25) is 9.36 Å². The van der Waals surface area contributed by atoms with Crippen LogP contribution in [0.5, 0.6) is 0 Å². The fourth-order valence-corrected chi connectivity index (χ4v) is 4.25. The van der Waals surface area contributed by atoms with Gasteiger partial charge < -0.3 is 4.74 Å². The summed E-state index contributed by atoms with van der Waals surface area (Å²) in [5.41, 5.74) is 2.82. The van der Waals surface area contributed by atoms with Crippen molar-refractivity contribution in [1.82, 2.24) is 29.4 Å². The van der Waals surface area contributed by atoms with Crippen LogP contribution in [0.2, 0.25) is 0 Å². The molecule has 5 rings (SSSR count). The third-order valence-electron chi connectivity index (χ3n) is 5.71. The Hall–Kier alpha value is -3.20. The van der Waals surface area contributed by atoms with Crippen molar-refractivity contribution in [2.75, 3.05) is 7.11 Å². The van der Waals surface area contributed by atoms with Gasteiger partial charge in [0, 0.05) is 13.2 Å². The summed E-state index contributed by atoms with van der Waals surface area (Å²) in [5, 5.41) is 13.1. The minimum atomic E-state index is -0.329. The number of aromatic nitrogens is 6. The average Bonchev–Trinajstić information content (AvgIpc) is 3.14. The Morgan fingerprint density at radius 3 is 2.60 bits per heavy atom. The summed E-state index contributed by atoms with van der Waals surface area (Å²) in [7, 11) is 1.57. The molecule has 3 heterocycles. The second-order valence-electron chi connectivity index (χ2n) is 7.62. The first kappa shape index (κ1) is 18.8. The maximum Gasteiger partial charge on any atom is 0.283 e. The molecule has 1 fully saturated rings. The van der Waals surface area contributed by atoms with E-state index >= 15 is 0 Å². The number of hydrogen-bond donors (Lipinski definition) is 0.